The van der Waals surface area contributed by atoms with Crippen LogP contribution in [0.2, 0.25) is 0 Å². The van der Waals surface area contributed by atoms with E-state index in [0.29, 0.717) is 45.4 Å². The third kappa shape index (κ3) is 11.3. The number of rotatable bonds is 24. The quantitative estimate of drug-likeness (QED) is 0.0733. The third-order valence-electron chi connectivity index (χ3n) is 10.3. The summed E-state index contributed by atoms with van der Waals surface area (Å²) in [5.41, 5.74) is 6.74. The van der Waals surface area contributed by atoms with Crippen LogP contribution in [-0.2, 0) is 32.9 Å². The molecule has 0 aromatic carbocycles. The van der Waals surface area contributed by atoms with Crippen LogP contribution in [-0.4, -0.2) is 61.3 Å². The largest absolute Gasteiger partial charge is 0.476 e. The van der Waals surface area contributed by atoms with Crippen molar-refractivity contribution < 1.29 is 29.1 Å². The summed E-state index contributed by atoms with van der Waals surface area (Å²) >= 11 is 2.46. The van der Waals surface area contributed by atoms with Crippen LogP contribution in [0.25, 0.3) is 10.7 Å². The molecule has 2 atom stereocenters. The molecule has 3 aromatic rings. The van der Waals surface area contributed by atoms with Gasteiger partial charge in [0.15, 0.2) is 5.69 Å². The summed E-state index contributed by atoms with van der Waals surface area (Å²) in [5.74, 6) is -2.94. The minimum atomic E-state index is -1.13. The number of pyridine rings is 1. The summed E-state index contributed by atoms with van der Waals surface area (Å²) < 4.78 is 1.53. The van der Waals surface area contributed by atoms with Crippen LogP contribution in [0.3, 0.4) is 0 Å². The second-order valence-electron chi connectivity index (χ2n) is 14.8. The number of carboxylic acids is 1. The summed E-state index contributed by atoms with van der Waals surface area (Å²) in [5, 5.41) is 22.1. The van der Waals surface area contributed by atoms with E-state index in [4.69, 9.17) is 5.73 Å². The Balaban J connectivity index is 1.18. The van der Waals surface area contributed by atoms with Gasteiger partial charge in [0.25, 0.3) is 11.5 Å². The van der Waals surface area contributed by atoms with Gasteiger partial charge in [-0.25, -0.2) is 14.8 Å². The number of aromatic carboxylic acids is 1. The zero-order chi connectivity index (χ0) is 39.5. The van der Waals surface area contributed by atoms with Gasteiger partial charge in [0.1, 0.15) is 21.8 Å². The van der Waals surface area contributed by atoms with E-state index in [1.807, 2.05) is 0 Å². The van der Waals surface area contributed by atoms with Gasteiger partial charge in [-0.15, -0.1) is 22.7 Å². The first-order valence-electron chi connectivity index (χ1n) is 19.5. The Labute approximate surface area is 329 Å². The molecule has 298 valence electrons. The Hall–Kier alpha value is -4.44. The van der Waals surface area contributed by atoms with Gasteiger partial charge in [0.2, 0.25) is 17.7 Å². The highest BCUT2D eigenvalue weighted by Crippen LogP contribution is 2.50. The highest BCUT2D eigenvalue weighted by Gasteiger charge is 2.53. The van der Waals surface area contributed by atoms with E-state index in [0.717, 1.165) is 43.4 Å². The van der Waals surface area contributed by atoms with Crippen molar-refractivity contribution in [2.75, 3.05) is 0 Å². The lowest BCUT2D eigenvalue weighted by atomic mass is 9.98. The fourth-order valence-corrected chi connectivity index (χ4v) is 8.72. The van der Waals surface area contributed by atoms with Gasteiger partial charge in [-0.1, -0.05) is 71.1 Å². The van der Waals surface area contributed by atoms with Crippen LogP contribution >= 0.6 is 22.7 Å². The van der Waals surface area contributed by atoms with Crippen LogP contribution in [0.15, 0.2) is 21.6 Å². The molecule has 5 rings (SSSR count). The lowest BCUT2D eigenvalue weighted by Crippen LogP contribution is -2.50. The first kappa shape index (κ1) is 41.7. The smallest absolute Gasteiger partial charge is 0.355 e. The average molecular weight is 796 g/mol. The molecule has 1 fully saturated rings. The van der Waals surface area contributed by atoms with Crippen molar-refractivity contribution in [3.63, 3.8) is 0 Å². The van der Waals surface area contributed by atoms with Crippen molar-refractivity contribution in [3.05, 3.63) is 54.7 Å². The molecule has 16 heteroatoms. The molecule has 0 saturated heterocycles. The monoisotopic (exact) mass is 795 g/mol. The van der Waals surface area contributed by atoms with Gasteiger partial charge in [-0.2, -0.15) is 0 Å². The van der Waals surface area contributed by atoms with Gasteiger partial charge in [-0.05, 0) is 44.6 Å². The number of hydrogen-bond acceptors (Lipinski definition) is 10. The van der Waals surface area contributed by atoms with Gasteiger partial charge in [-0.3, -0.25) is 24.0 Å². The number of hydrogen-bond donors (Lipinski definition) is 5. The van der Waals surface area contributed by atoms with E-state index in [9.17, 15) is 33.9 Å². The first-order chi connectivity index (χ1) is 26.4. The number of fused-ring (bicyclic) bond motifs is 2. The molecule has 0 bridgehead atoms. The first-order valence-corrected chi connectivity index (χ1v) is 21.3. The summed E-state index contributed by atoms with van der Waals surface area (Å²) in [6.45, 7) is 4.08. The maximum Gasteiger partial charge on any atom is 0.355 e. The number of aromatic nitrogens is 3. The SMILES string of the molecule is CCCCCCCCCCCCCC(=O)NC(CC(N)=O)C(=O)NC(C)CCc1c2c(cc(=O)n1Cc1nc(-c3nc(C(=O)O)cs3)cs1)C1(CC1)NC2=O. The molecule has 3 aromatic heterocycles. The molecule has 1 saturated carbocycles. The number of unbranched alkanes of at least 4 members (excludes halogenated alkanes) is 10. The number of primary amides is 1. The molecule has 1 spiro atoms. The normalized spacial score (nSPS) is 15.0. The molecular weight excluding hydrogens is 743 g/mol. The van der Waals surface area contributed by atoms with E-state index in [2.05, 4.69) is 32.8 Å². The molecule has 55 heavy (non-hydrogen) atoms. The molecule has 1 aliphatic carbocycles. The number of nitrogens with zero attached hydrogens (tertiary/aromatic N) is 3. The Morgan fingerprint density at radius 3 is 2.25 bits per heavy atom. The number of nitrogens with two attached hydrogens (primary N) is 1. The minimum absolute atomic E-state index is 0.0733. The zero-order valence-electron chi connectivity index (χ0n) is 31.7. The van der Waals surface area contributed by atoms with Crippen molar-refractivity contribution in [1.82, 2.24) is 30.5 Å². The van der Waals surface area contributed by atoms with Crippen LogP contribution in [0, 0.1) is 0 Å². The molecule has 14 nitrogen and oxygen atoms in total. The van der Waals surface area contributed by atoms with Gasteiger partial charge < -0.3 is 31.4 Å². The van der Waals surface area contributed by atoms with E-state index < -0.39 is 35.4 Å². The highest BCUT2D eigenvalue weighted by atomic mass is 32.1. The van der Waals surface area contributed by atoms with Gasteiger partial charge in [0, 0.05) is 35.0 Å². The molecule has 6 N–H and O–H groups in total. The number of nitrogens with one attached hydrogen (secondary N) is 3. The fraction of sp³-hybridized carbons (Fsp3) is 0.590. The number of carbonyl (C=O) groups is 5. The Morgan fingerprint density at radius 1 is 0.964 bits per heavy atom. The van der Waals surface area contributed by atoms with E-state index >= 15 is 0 Å². The number of thiazole rings is 2. The van der Waals surface area contributed by atoms with E-state index in [-0.39, 0.29) is 48.9 Å². The predicted molar refractivity (Wildman–Crippen MR) is 211 cm³/mol. The maximum absolute atomic E-state index is 13.7. The predicted octanol–water partition coefficient (Wildman–Crippen LogP) is 5.41. The minimum Gasteiger partial charge on any atom is -0.476 e. The molecular formula is C39H53N7O7S2. The van der Waals surface area contributed by atoms with Crippen molar-refractivity contribution in [1.29, 1.82) is 0 Å². The summed E-state index contributed by atoms with van der Waals surface area (Å²) in [7, 11) is 0. The lowest BCUT2D eigenvalue weighted by molar-refractivity contribution is -0.131. The van der Waals surface area contributed by atoms with Crippen molar-refractivity contribution in [2.45, 2.75) is 147 Å². The van der Waals surface area contributed by atoms with Crippen molar-refractivity contribution in [3.8, 4) is 10.7 Å². The average Bonchev–Trinajstić information content (AvgIpc) is 3.42. The Kier molecular flexibility index (Phi) is 14.7. The van der Waals surface area contributed by atoms with Crippen molar-refractivity contribution >= 4 is 52.3 Å². The van der Waals surface area contributed by atoms with Crippen LogP contribution in [0.5, 0.6) is 0 Å². The highest BCUT2D eigenvalue weighted by molar-refractivity contribution is 7.14. The van der Waals surface area contributed by atoms with E-state index in [1.165, 1.54) is 72.3 Å². The molecule has 1 aliphatic heterocycles. The van der Waals surface area contributed by atoms with Gasteiger partial charge in [0.05, 0.1) is 24.1 Å². The number of amides is 4. The zero-order valence-corrected chi connectivity index (χ0v) is 33.4. The fourth-order valence-electron chi connectivity index (χ4n) is 7.13. The molecule has 2 aliphatic rings. The van der Waals surface area contributed by atoms with Crippen molar-refractivity contribution in [2.24, 2.45) is 5.73 Å². The van der Waals surface area contributed by atoms with Crippen LogP contribution < -0.4 is 27.2 Å². The molecule has 4 amide bonds. The molecule has 4 heterocycles. The van der Waals surface area contributed by atoms with Crippen LogP contribution in [0.4, 0.5) is 0 Å². The summed E-state index contributed by atoms with van der Waals surface area (Å²) in [6.07, 6.45) is 14.7. The maximum atomic E-state index is 13.7. The second-order valence-corrected chi connectivity index (χ2v) is 16.6. The number of carboxylic acid groups (broad SMARTS) is 1. The Bertz CT molecular complexity index is 1920. The molecule has 2 unspecified atom stereocenters. The molecule has 0 radical (unpaired) electrons. The van der Waals surface area contributed by atoms with Gasteiger partial charge >= 0.3 is 5.97 Å². The number of carbonyl (C=O) groups excluding carboxylic acids is 4. The summed E-state index contributed by atoms with van der Waals surface area (Å²) in [4.78, 5) is 85.1. The summed E-state index contributed by atoms with van der Waals surface area (Å²) in [6, 6.07) is -0.0508. The second kappa shape index (κ2) is 19.4. The third-order valence-corrected chi connectivity index (χ3v) is 12.0. The standard InChI is InChI=1S/C39H53N7O7S2/c1-3-4-5-6-7-8-9-10-11-12-13-14-31(48)42-26(20-30(40)47)35(50)41-24(2)15-16-29-34-25(39(17-18-39)45-36(34)51)19-33(49)46(29)21-32-43-27(22-54-32)37-44-28(23-55-37)38(52)53/h19,22-24,26H,3-18,20-21H2,1-2H3,(H2,40,47)(H,41,50)(H,42,48)(H,45,51)(H,52,53). The topological polar surface area (TPSA) is 215 Å². The lowest BCUT2D eigenvalue weighted by Gasteiger charge is -2.22. The van der Waals surface area contributed by atoms with Crippen LogP contribution in [0.1, 0.15) is 154 Å². The Morgan fingerprint density at radius 2 is 1.64 bits per heavy atom. The van der Waals surface area contributed by atoms with E-state index in [1.54, 1.807) is 12.3 Å².